The Morgan fingerprint density at radius 3 is 2.62 bits per heavy atom. The second-order valence-corrected chi connectivity index (χ2v) is 9.42. The van der Waals surface area contributed by atoms with E-state index in [1.165, 1.54) is 32.3 Å². The number of hydrogen-bond acceptors (Lipinski definition) is 3. The molecule has 0 saturated carbocycles. The summed E-state index contributed by atoms with van der Waals surface area (Å²) in [6.07, 6.45) is 3.48. The third-order valence-electron chi connectivity index (χ3n) is 6.70. The molecule has 7 rings (SSSR count). The standard InChI is InChI=1S/C29H19N3OS/c33-29(22-13-15-31-28-21(22)12-14-30-28)32-27-20-8-2-1-7-18(20)26-19(9-5-10-23(26)27)24-16-34-25-11-4-3-6-17(24)25/h1-16,27H,(H,30,31)(H,32,33). The molecule has 1 atom stereocenters. The summed E-state index contributed by atoms with van der Waals surface area (Å²) >= 11 is 1.77. The van der Waals surface area contributed by atoms with Crippen LogP contribution in [0.3, 0.4) is 0 Å². The largest absolute Gasteiger partial charge is 0.346 e. The Morgan fingerprint density at radius 2 is 1.65 bits per heavy atom. The van der Waals surface area contributed by atoms with Crippen molar-refractivity contribution >= 4 is 38.4 Å². The van der Waals surface area contributed by atoms with Crippen LogP contribution in [0.5, 0.6) is 0 Å². The fourth-order valence-electron chi connectivity index (χ4n) is 5.19. The Morgan fingerprint density at radius 1 is 0.824 bits per heavy atom. The van der Waals surface area contributed by atoms with Crippen molar-refractivity contribution in [1.29, 1.82) is 0 Å². The second kappa shape index (κ2) is 7.40. The number of H-pyrrole nitrogens is 1. The Hall–Kier alpha value is -4.22. The molecule has 3 aromatic heterocycles. The number of carbonyl (C=O) groups excluding carboxylic acids is 1. The van der Waals surface area contributed by atoms with Crippen LogP contribution >= 0.6 is 11.3 Å². The molecule has 6 aromatic rings. The summed E-state index contributed by atoms with van der Waals surface area (Å²) in [6, 6.07) is 26.8. The SMILES string of the molecule is O=C(NC1c2ccccc2-c2c(-c3csc4ccccc34)cccc21)c1ccnc2[nH]ccc12. The van der Waals surface area contributed by atoms with Crippen LogP contribution in [-0.4, -0.2) is 15.9 Å². The van der Waals surface area contributed by atoms with Gasteiger partial charge in [-0.05, 0) is 51.4 Å². The monoisotopic (exact) mass is 457 g/mol. The van der Waals surface area contributed by atoms with Gasteiger partial charge in [0.1, 0.15) is 5.65 Å². The Bertz CT molecular complexity index is 1730. The topological polar surface area (TPSA) is 57.8 Å². The molecule has 1 amide bonds. The lowest BCUT2D eigenvalue weighted by Crippen LogP contribution is -2.28. The van der Waals surface area contributed by atoms with Crippen molar-refractivity contribution < 1.29 is 4.79 Å². The van der Waals surface area contributed by atoms with Gasteiger partial charge in [0.15, 0.2) is 0 Å². The Kier molecular flexibility index (Phi) is 4.19. The molecule has 162 valence electrons. The van der Waals surface area contributed by atoms with Crippen molar-refractivity contribution in [2.24, 2.45) is 0 Å². The predicted molar refractivity (Wildman–Crippen MR) is 138 cm³/mol. The molecule has 0 spiro atoms. The molecule has 3 aromatic carbocycles. The first kappa shape index (κ1) is 19.3. The zero-order chi connectivity index (χ0) is 22.6. The van der Waals surface area contributed by atoms with Gasteiger partial charge in [0.2, 0.25) is 0 Å². The molecule has 34 heavy (non-hydrogen) atoms. The summed E-state index contributed by atoms with van der Waals surface area (Å²) in [5.74, 6) is -0.106. The van der Waals surface area contributed by atoms with Crippen molar-refractivity contribution in [2.45, 2.75) is 6.04 Å². The van der Waals surface area contributed by atoms with E-state index in [2.05, 4.69) is 81.3 Å². The molecule has 2 N–H and O–H groups in total. The lowest BCUT2D eigenvalue weighted by molar-refractivity contribution is 0.0945. The molecule has 3 heterocycles. The molecule has 0 aliphatic heterocycles. The van der Waals surface area contributed by atoms with Crippen molar-refractivity contribution in [3.05, 3.63) is 113 Å². The number of aromatic nitrogens is 2. The zero-order valence-electron chi connectivity index (χ0n) is 18.1. The number of aromatic amines is 1. The molecular formula is C29H19N3OS. The Labute approximate surface area is 199 Å². The van der Waals surface area contributed by atoms with Gasteiger partial charge in [-0.15, -0.1) is 11.3 Å². The van der Waals surface area contributed by atoms with E-state index in [1.807, 2.05) is 18.3 Å². The molecule has 0 saturated heterocycles. The number of amides is 1. The van der Waals surface area contributed by atoms with Gasteiger partial charge in [-0.3, -0.25) is 4.79 Å². The fourth-order valence-corrected chi connectivity index (χ4v) is 6.15. The van der Waals surface area contributed by atoms with Crippen molar-refractivity contribution in [2.75, 3.05) is 0 Å². The van der Waals surface area contributed by atoms with Gasteiger partial charge in [-0.1, -0.05) is 60.7 Å². The molecule has 1 aliphatic carbocycles. The molecular weight excluding hydrogens is 438 g/mol. The predicted octanol–water partition coefficient (Wildman–Crippen LogP) is 6.94. The van der Waals surface area contributed by atoms with Crippen LogP contribution < -0.4 is 5.32 Å². The maximum atomic E-state index is 13.5. The number of hydrogen-bond donors (Lipinski definition) is 2. The third kappa shape index (κ3) is 2.77. The second-order valence-electron chi connectivity index (χ2n) is 8.51. The average molecular weight is 458 g/mol. The summed E-state index contributed by atoms with van der Waals surface area (Å²) in [4.78, 5) is 20.9. The summed E-state index contributed by atoms with van der Waals surface area (Å²) < 4.78 is 1.28. The quantitative estimate of drug-likeness (QED) is 0.302. The number of fused-ring (bicyclic) bond motifs is 5. The van der Waals surface area contributed by atoms with Crippen molar-refractivity contribution in [3.63, 3.8) is 0 Å². The first-order valence-electron chi connectivity index (χ1n) is 11.2. The van der Waals surface area contributed by atoms with Crippen molar-refractivity contribution in [1.82, 2.24) is 15.3 Å². The van der Waals surface area contributed by atoms with Crippen LogP contribution in [0.4, 0.5) is 0 Å². The van der Waals surface area contributed by atoms with Crippen molar-refractivity contribution in [3.8, 4) is 22.3 Å². The van der Waals surface area contributed by atoms with E-state index < -0.39 is 0 Å². The maximum Gasteiger partial charge on any atom is 0.252 e. The van der Waals surface area contributed by atoms with Gasteiger partial charge in [0.05, 0.1) is 11.6 Å². The number of nitrogens with one attached hydrogen (secondary N) is 2. The van der Waals surface area contributed by atoms with Gasteiger partial charge >= 0.3 is 0 Å². The summed E-state index contributed by atoms with van der Waals surface area (Å²) in [7, 11) is 0. The van der Waals surface area contributed by atoms with Crippen LogP contribution in [0.15, 0.2) is 96.6 Å². The van der Waals surface area contributed by atoms with Gasteiger partial charge < -0.3 is 10.3 Å². The fraction of sp³-hybridized carbons (Fsp3) is 0.0345. The summed E-state index contributed by atoms with van der Waals surface area (Å²) in [5.41, 5.74) is 8.41. The number of benzene rings is 3. The molecule has 4 nitrogen and oxygen atoms in total. The molecule has 0 radical (unpaired) electrons. The minimum Gasteiger partial charge on any atom is -0.346 e. The number of pyridine rings is 1. The summed E-state index contributed by atoms with van der Waals surface area (Å²) in [5, 5.41) is 7.65. The molecule has 0 bridgehead atoms. The van der Waals surface area contributed by atoms with Gasteiger partial charge in [-0.25, -0.2) is 4.98 Å². The number of nitrogens with zero attached hydrogens (tertiary/aromatic N) is 1. The normalized spacial score (nSPS) is 14.3. The number of carbonyl (C=O) groups is 1. The van der Waals surface area contributed by atoms with Gasteiger partial charge in [0.25, 0.3) is 5.91 Å². The molecule has 0 fully saturated rings. The van der Waals surface area contributed by atoms with Gasteiger partial charge in [-0.2, -0.15) is 0 Å². The highest BCUT2D eigenvalue weighted by Gasteiger charge is 2.32. The average Bonchev–Trinajstić information content (AvgIpc) is 3.60. The number of rotatable bonds is 3. The Balaban J connectivity index is 1.38. The zero-order valence-corrected chi connectivity index (χ0v) is 18.9. The van der Waals surface area contributed by atoms with E-state index in [1.54, 1.807) is 23.6 Å². The van der Waals surface area contributed by atoms with Crippen LogP contribution in [0.25, 0.3) is 43.4 Å². The van der Waals surface area contributed by atoms with Gasteiger partial charge in [0, 0.05) is 33.4 Å². The van der Waals surface area contributed by atoms with E-state index in [4.69, 9.17) is 0 Å². The molecule has 5 heteroatoms. The van der Waals surface area contributed by atoms with E-state index in [0.717, 1.165) is 16.5 Å². The third-order valence-corrected chi connectivity index (χ3v) is 7.66. The first-order valence-corrected chi connectivity index (χ1v) is 12.1. The number of thiophene rings is 1. The summed E-state index contributed by atoms with van der Waals surface area (Å²) in [6.45, 7) is 0. The van der Waals surface area contributed by atoms with Crippen LogP contribution in [0.1, 0.15) is 27.5 Å². The minimum absolute atomic E-state index is 0.106. The molecule has 1 unspecified atom stereocenters. The lowest BCUT2D eigenvalue weighted by atomic mass is 9.94. The van der Waals surface area contributed by atoms with Crippen LogP contribution in [0, 0.1) is 0 Å². The van der Waals surface area contributed by atoms with E-state index in [9.17, 15) is 4.79 Å². The van der Waals surface area contributed by atoms with Crippen LogP contribution in [0.2, 0.25) is 0 Å². The maximum absolute atomic E-state index is 13.5. The van der Waals surface area contributed by atoms with E-state index >= 15 is 0 Å². The highest BCUT2D eigenvalue weighted by molar-refractivity contribution is 7.17. The van der Waals surface area contributed by atoms with Crippen LogP contribution in [-0.2, 0) is 0 Å². The first-order chi connectivity index (χ1) is 16.8. The smallest absolute Gasteiger partial charge is 0.252 e. The molecule has 1 aliphatic rings. The van der Waals surface area contributed by atoms with E-state index in [0.29, 0.717) is 11.2 Å². The minimum atomic E-state index is -0.217. The van der Waals surface area contributed by atoms with E-state index in [-0.39, 0.29) is 11.9 Å². The lowest BCUT2D eigenvalue weighted by Gasteiger charge is -2.17. The highest BCUT2D eigenvalue weighted by Crippen LogP contribution is 2.49. The highest BCUT2D eigenvalue weighted by atomic mass is 32.1.